The van der Waals surface area contributed by atoms with Gasteiger partial charge in [-0.2, -0.15) is 5.10 Å². The highest BCUT2D eigenvalue weighted by Crippen LogP contribution is 2.21. The number of ether oxygens (including phenoxy) is 1. The first kappa shape index (κ1) is 18.1. The lowest BCUT2D eigenvalue weighted by atomic mass is 9.92. The number of carbonyl (C=O) groups excluding carboxylic acids is 2. The molecule has 0 radical (unpaired) electrons. The van der Waals surface area contributed by atoms with Crippen molar-refractivity contribution < 1.29 is 14.3 Å². The molecule has 1 aliphatic rings. The summed E-state index contributed by atoms with van der Waals surface area (Å²) >= 11 is 0. The van der Waals surface area contributed by atoms with E-state index in [1.54, 1.807) is 29.2 Å². The Labute approximate surface area is 151 Å². The number of aryl methyl sites for hydroxylation is 1. The third-order valence-corrected chi connectivity index (χ3v) is 4.70. The molecule has 1 aliphatic heterocycles. The number of nitrogens with zero attached hydrogens (tertiary/aromatic N) is 3. The number of carbonyl (C=O) groups is 2. The summed E-state index contributed by atoms with van der Waals surface area (Å²) in [6.07, 6.45) is 1.09. The number of hydrogen-bond donors (Lipinski definition) is 0. The predicted molar refractivity (Wildman–Crippen MR) is 96.8 cm³/mol. The van der Waals surface area contributed by atoms with E-state index in [1.165, 1.54) is 7.05 Å². The third kappa shape index (κ3) is 3.61. The quantitative estimate of drug-likeness (QED) is 0.779. The molecule has 2 aromatic rings. The molecule has 7 heteroatoms. The molecule has 0 aliphatic carbocycles. The van der Waals surface area contributed by atoms with Crippen LogP contribution in [0.25, 0.3) is 10.8 Å². The average molecular weight is 357 g/mol. The van der Waals surface area contributed by atoms with Crippen LogP contribution in [0.1, 0.15) is 30.8 Å². The Morgan fingerprint density at radius 3 is 2.42 bits per heavy atom. The third-order valence-electron chi connectivity index (χ3n) is 4.70. The molecule has 0 bridgehead atoms. The van der Waals surface area contributed by atoms with Crippen LogP contribution in [0.5, 0.6) is 0 Å². The number of piperidine rings is 1. The Hall–Kier alpha value is -2.70. The molecule has 2 atom stereocenters. The van der Waals surface area contributed by atoms with Crippen LogP contribution >= 0.6 is 0 Å². The number of aromatic nitrogens is 2. The molecular weight excluding hydrogens is 334 g/mol. The van der Waals surface area contributed by atoms with Crippen LogP contribution in [-0.4, -0.2) is 46.3 Å². The van der Waals surface area contributed by atoms with Gasteiger partial charge in [0.2, 0.25) is 0 Å². The van der Waals surface area contributed by atoms with E-state index in [1.807, 2.05) is 0 Å². The zero-order valence-electron chi connectivity index (χ0n) is 15.3. The highest BCUT2D eigenvalue weighted by Gasteiger charge is 2.26. The van der Waals surface area contributed by atoms with Gasteiger partial charge >= 0.3 is 5.97 Å². The molecule has 1 aromatic heterocycles. The molecule has 1 fully saturated rings. The summed E-state index contributed by atoms with van der Waals surface area (Å²) in [6.45, 7) is 5.27. The van der Waals surface area contributed by atoms with Crippen molar-refractivity contribution in [1.82, 2.24) is 14.7 Å². The topological polar surface area (TPSA) is 81.5 Å². The SMILES string of the molecule is C[C@H]1C[C@H](C)CN(C(=O)COC(=O)c2nn(C)c(=O)c3ccccc23)C1. The molecule has 1 aromatic carbocycles. The number of benzene rings is 1. The van der Waals surface area contributed by atoms with Crippen molar-refractivity contribution in [3.8, 4) is 0 Å². The van der Waals surface area contributed by atoms with E-state index in [0.29, 0.717) is 35.7 Å². The molecule has 138 valence electrons. The van der Waals surface area contributed by atoms with Gasteiger partial charge in [0.25, 0.3) is 11.5 Å². The van der Waals surface area contributed by atoms with Crippen molar-refractivity contribution in [3.63, 3.8) is 0 Å². The van der Waals surface area contributed by atoms with Gasteiger partial charge in [-0.05, 0) is 24.3 Å². The number of hydrogen-bond acceptors (Lipinski definition) is 5. The first-order chi connectivity index (χ1) is 12.4. The smallest absolute Gasteiger partial charge is 0.359 e. The van der Waals surface area contributed by atoms with Gasteiger partial charge in [-0.3, -0.25) is 9.59 Å². The Balaban J connectivity index is 1.75. The molecule has 0 saturated carbocycles. The first-order valence-electron chi connectivity index (χ1n) is 8.77. The average Bonchev–Trinajstić information content (AvgIpc) is 2.61. The lowest BCUT2D eigenvalue weighted by Crippen LogP contribution is -2.44. The minimum Gasteiger partial charge on any atom is -0.451 e. The van der Waals surface area contributed by atoms with Gasteiger partial charge in [-0.15, -0.1) is 0 Å². The van der Waals surface area contributed by atoms with Crippen molar-refractivity contribution in [2.45, 2.75) is 20.3 Å². The van der Waals surface area contributed by atoms with Crippen LogP contribution in [0.3, 0.4) is 0 Å². The van der Waals surface area contributed by atoms with Crippen LogP contribution in [0.15, 0.2) is 29.1 Å². The normalized spacial score (nSPS) is 20.2. The summed E-state index contributed by atoms with van der Waals surface area (Å²) < 4.78 is 6.31. The van der Waals surface area contributed by atoms with Crippen LogP contribution in [0.2, 0.25) is 0 Å². The van der Waals surface area contributed by atoms with Crippen LogP contribution in [-0.2, 0) is 16.6 Å². The molecule has 7 nitrogen and oxygen atoms in total. The summed E-state index contributed by atoms with van der Waals surface area (Å²) in [7, 11) is 1.48. The molecule has 1 saturated heterocycles. The van der Waals surface area contributed by atoms with E-state index in [0.717, 1.165) is 11.1 Å². The number of rotatable bonds is 3. The van der Waals surface area contributed by atoms with Gasteiger partial charge in [0.15, 0.2) is 12.3 Å². The van der Waals surface area contributed by atoms with Gasteiger partial charge in [0.1, 0.15) is 0 Å². The maximum atomic E-state index is 12.5. The maximum Gasteiger partial charge on any atom is 0.359 e. The highest BCUT2D eigenvalue weighted by molar-refractivity contribution is 6.02. The summed E-state index contributed by atoms with van der Waals surface area (Å²) in [5.41, 5.74) is -0.250. The number of fused-ring (bicyclic) bond motifs is 1. The van der Waals surface area contributed by atoms with Crippen molar-refractivity contribution >= 4 is 22.6 Å². The Morgan fingerprint density at radius 2 is 1.77 bits per heavy atom. The molecule has 0 spiro atoms. The number of amides is 1. The van der Waals surface area contributed by atoms with Crippen molar-refractivity contribution in [2.24, 2.45) is 18.9 Å². The minimum absolute atomic E-state index is 0.0379. The van der Waals surface area contributed by atoms with Gasteiger partial charge < -0.3 is 9.64 Å². The van der Waals surface area contributed by atoms with Gasteiger partial charge in [-0.1, -0.05) is 32.0 Å². The standard InChI is InChI=1S/C19H23N3O4/c1-12-8-13(2)10-22(9-12)16(23)11-26-19(25)17-14-6-4-5-7-15(14)18(24)21(3)20-17/h4-7,12-13H,8-11H2,1-3H3/t12-,13-/m0/s1. The Kier molecular flexibility index (Phi) is 5.06. The second kappa shape index (κ2) is 7.27. The number of likely N-dealkylation sites (tertiary alicyclic amines) is 1. The lowest BCUT2D eigenvalue weighted by molar-refractivity contribution is -0.137. The van der Waals surface area contributed by atoms with E-state index >= 15 is 0 Å². The molecule has 0 unspecified atom stereocenters. The van der Waals surface area contributed by atoms with Crippen LogP contribution in [0, 0.1) is 11.8 Å². The minimum atomic E-state index is -0.705. The molecular formula is C19H23N3O4. The molecule has 2 heterocycles. The maximum absolute atomic E-state index is 12.5. The van der Waals surface area contributed by atoms with Crippen molar-refractivity contribution in [2.75, 3.05) is 19.7 Å². The fraction of sp³-hybridized carbons (Fsp3) is 0.474. The first-order valence-corrected chi connectivity index (χ1v) is 8.77. The zero-order valence-corrected chi connectivity index (χ0v) is 15.3. The van der Waals surface area contributed by atoms with Crippen LogP contribution in [0.4, 0.5) is 0 Å². The molecule has 26 heavy (non-hydrogen) atoms. The Morgan fingerprint density at radius 1 is 1.15 bits per heavy atom. The monoisotopic (exact) mass is 357 g/mol. The van der Waals surface area contributed by atoms with E-state index in [4.69, 9.17) is 4.74 Å². The largest absolute Gasteiger partial charge is 0.451 e. The number of esters is 1. The van der Waals surface area contributed by atoms with Gasteiger partial charge in [0, 0.05) is 25.5 Å². The fourth-order valence-corrected chi connectivity index (χ4v) is 3.60. The zero-order chi connectivity index (χ0) is 18.8. The summed E-state index contributed by atoms with van der Waals surface area (Å²) in [4.78, 5) is 38.7. The van der Waals surface area contributed by atoms with E-state index in [-0.39, 0.29) is 23.8 Å². The fourth-order valence-electron chi connectivity index (χ4n) is 3.60. The Bertz CT molecular complexity index is 895. The van der Waals surface area contributed by atoms with Gasteiger partial charge in [0.05, 0.1) is 5.39 Å². The van der Waals surface area contributed by atoms with Crippen molar-refractivity contribution in [3.05, 3.63) is 40.3 Å². The summed E-state index contributed by atoms with van der Waals surface area (Å²) in [5, 5.41) is 4.84. The van der Waals surface area contributed by atoms with E-state index in [9.17, 15) is 14.4 Å². The molecule has 1 amide bonds. The second-order valence-electron chi connectivity index (χ2n) is 7.14. The second-order valence-corrected chi connectivity index (χ2v) is 7.14. The predicted octanol–water partition coefficient (Wildman–Crippen LogP) is 1.59. The van der Waals surface area contributed by atoms with Crippen molar-refractivity contribution in [1.29, 1.82) is 0 Å². The van der Waals surface area contributed by atoms with Crippen LogP contribution < -0.4 is 5.56 Å². The summed E-state index contributed by atoms with van der Waals surface area (Å²) in [6, 6.07) is 6.73. The highest BCUT2D eigenvalue weighted by atomic mass is 16.5. The van der Waals surface area contributed by atoms with E-state index in [2.05, 4.69) is 18.9 Å². The molecule has 0 N–H and O–H groups in total. The lowest BCUT2D eigenvalue weighted by Gasteiger charge is -2.34. The summed E-state index contributed by atoms with van der Waals surface area (Å²) in [5.74, 6) is -0.0329. The van der Waals surface area contributed by atoms with E-state index < -0.39 is 5.97 Å². The van der Waals surface area contributed by atoms with Gasteiger partial charge in [-0.25, -0.2) is 9.48 Å². The molecule has 3 rings (SSSR count).